The van der Waals surface area contributed by atoms with Gasteiger partial charge in [-0.2, -0.15) is 0 Å². The summed E-state index contributed by atoms with van der Waals surface area (Å²) in [5, 5.41) is 7.14. The molecule has 2 atom stereocenters. The van der Waals surface area contributed by atoms with E-state index in [-0.39, 0.29) is 5.78 Å². The van der Waals surface area contributed by atoms with E-state index in [4.69, 9.17) is 19.9 Å². The Hall–Kier alpha value is -2.77. The van der Waals surface area contributed by atoms with Gasteiger partial charge in [0.05, 0.1) is 31.1 Å². The Morgan fingerprint density at radius 2 is 1.47 bits per heavy atom. The standard InChI is InChI=1S/C31H43N3O4/c1-2-3-17-36-25-20-26(38-19-14-22-10-5-7-16-34-22)30(32)29-28(25)27-23(31(29)35)11-8-12-24(27)37-18-13-21-9-4-6-15-33-21/h8,11-12,20-22,33-34H,2-7,9-10,13-19,32H2,1H3. The predicted molar refractivity (Wildman–Crippen MR) is 152 cm³/mol. The molecule has 0 radical (unpaired) electrons. The molecule has 2 aliphatic heterocycles. The molecule has 2 unspecified atom stereocenters. The second-order valence-electron chi connectivity index (χ2n) is 10.8. The van der Waals surface area contributed by atoms with Crippen LogP contribution in [0.25, 0.3) is 11.1 Å². The van der Waals surface area contributed by atoms with Crippen molar-refractivity contribution in [2.45, 2.75) is 83.2 Å². The number of fused-ring (bicyclic) bond motifs is 3. The average molecular weight is 522 g/mol. The molecule has 0 aromatic heterocycles. The molecule has 5 rings (SSSR count). The van der Waals surface area contributed by atoms with Crippen LogP contribution in [-0.2, 0) is 0 Å². The molecule has 2 aromatic rings. The van der Waals surface area contributed by atoms with Gasteiger partial charge in [-0.3, -0.25) is 4.79 Å². The van der Waals surface area contributed by atoms with Crippen molar-refractivity contribution in [1.29, 1.82) is 0 Å². The molecular weight excluding hydrogens is 478 g/mol. The Kier molecular flexibility index (Phi) is 9.07. The maximum atomic E-state index is 13.7. The molecule has 3 aliphatic rings. The van der Waals surface area contributed by atoms with Gasteiger partial charge in [-0.25, -0.2) is 0 Å². The van der Waals surface area contributed by atoms with E-state index in [1.54, 1.807) is 0 Å². The molecule has 206 valence electrons. The van der Waals surface area contributed by atoms with Crippen molar-refractivity contribution in [3.05, 3.63) is 35.4 Å². The van der Waals surface area contributed by atoms with Crippen molar-refractivity contribution >= 4 is 11.5 Å². The van der Waals surface area contributed by atoms with Crippen LogP contribution in [0.5, 0.6) is 17.2 Å². The lowest BCUT2D eigenvalue weighted by Gasteiger charge is -2.24. The van der Waals surface area contributed by atoms with Crippen molar-refractivity contribution < 1.29 is 19.0 Å². The van der Waals surface area contributed by atoms with Crippen LogP contribution in [0.4, 0.5) is 5.69 Å². The Morgan fingerprint density at radius 3 is 2.11 bits per heavy atom. The van der Waals surface area contributed by atoms with E-state index < -0.39 is 0 Å². The first-order valence-electron chi connectivity index (χ1n) is 14.7. The highest BCUT2D eigenvalue weighted by Gasteiger charge is 2.36. The number of nitrogen functional groups attached to an aromatic ring is 1. The fraction of sp³-hybridized carbons (Fsp3) is 0.581. The summed E-state index contributed by atoms with van der Waals surface area (Å²) in [5.74, 6) is 1.79. The maximum Gasteiger partial charge on any atom is 0.196 e. The van der Waals surface area contributed by atoms with Gasteiger partial charge >= 0.3 is 0 Å². The molecule has 2 saturated heterocycles. The fourth-order valence-corrected chi connectivity index (χ4v) is 5.89. The third kappa shape index (κ3) is 5.94. The second kappa shape index (κ2) is 12.9. The fourth-order valence-electron chi connectivity index (χ4n) is 5.89. The van der Waals surface area contributed by atoms with Crippen LogP contribution in [0.2, 0.25) is 0 Å². The number of unbranched alkanes of at least 4 members (excludes halogenated alkanes) is 1. The number of nitrogens with one attached hydrogen (secondary N) is 2. The first kappa shape index (κ1) is 26.8. The molecule has 2 fully saturated rings. The first-order valence-corrected chi connectivity index (χ1v) is 14.7. The summed E-state index contributed by atoms with van der Waals surface area (Å²) in [6.07, 6.45) is 11.1. The van der Waals surface area contributed by atoms with E-state index in [1.165, 1.54) is 38.5 Å². The van der Waals surface area contributed by atoms with Gasteiger partial charge in [0.2, 0.25) is 0 Å². The van der Waals surface area contributed by atoms with E-state index in [9.17, 15) is 4.79 Å². The third-order valence-corrected chi connectivity index (χ3v) is 8.07. The molecule has 1 aliphatic carbocycles. The molecule has 0 spiro atoms. The highest BCUT2D eigenvalue weighted by Crippen LogP contribution is 2.52. The maximum absolute atomic E-state index is 13.7. The largest absolute Gasteiger partial charge is 0.493 e. The van der Waals surface area contributed by atoms with Crippen LogP contribution in [0.1, 0.15) is 87.1 Å². The number of carbonyl (C=O) groups excluding carboxylic acids is 1. The normalized spacial score (nSPS) is 20.6. The number of anilines is 1. The van der Waals surface area contributed by atoms with Gasteiger partial charge < -0.3 is 30.6 Å². The molecule has 0 amide bonds. The van der Waals surface area contributed by atoms with Crippen LogP contribution in [0.15, 0.2) is 24.3 Å². The number of ketones is 1. The monoisotopic (exact) mass is 521 g/mol. The molecule has 2 aromatic carbocycles. The van der Waals surface area contributed by atoms with Crippen LogP contribution in [-0.4, -0.2) is 50.8 Å². The average Bonchev–Trinajstić information content (AvgIpc) is 3.26. The van der Waals surface area contributed by atoms with Crippen LogP contribution in [0, 0.1) is 0 Å². The van der Waals surface area contributed by atoms with Gasteiger partial charge in [-0.05, 0) is 64.1 Å². The summed E-state index contributed by atoms with van der Waals surface area (Å²) in [4.78, 5) is 13.7. The Labute approximate surface area is 226 Å². The number of hydrogen-bond donors (Lipinski definition) is 3. The van der Waals surface area contributed by atoms with E-state index in [0.717, 1.165) is 49.9 Å². The zero-order valence-corrected chi connectivity index (χ0v) is 22.8. The van der Waals surface area contributed by atoms with E-state index >= 15 is 0 Å². The number of nitrogens with two attached hydrogens (primary N) is 1. The first-order chi connectivity index (χ1) is 18.7. The molecule has 0 saturated carbocycles. The SMILES string of the molecule is CCCCOc1cc(OCCC2CCCCN2)c(N)c2c1-c1c(OCCC3CCCCN3)cccc1C2=O. The van der Waals surface area contributed by atoms with Crippen LogP contribution >= 0.6 is 0 Å². The summed E-state index contributed by atoms with van der Waals surface area (Å²) >= 11 is 0. The van der Waals surface area contributed by atoms with E-state index in [2.05, 4.69) is 17.6 Å². The zero-order chi connectivity index (χ0) is 26.3. The van der Waals surface area contributed by atoms with Crippen molar-refractivity contribution in [3.63, 3.8) is 0 Å². The topological polar surface area (TPSA) is 94.8 Å². The smallest absolute Gasteiger partial charge is 0.196 e. The minimum Gasteiger partial charge on any atom is -0.493 e. The van der Waals surface area contributed by atoms with Crippen LogP contribution in [0.3, 0.4) is 0 Å². The number of benzene rings is 2. The quantitative estimate of drug-likeness (QED) is 0.215. The predicted octanol–water partition coefficient (Wildman–Crippen LogP) is 5.48. The Morgan fingerprint density at radius 1 is 0.816 bits per heavy atom. The van der Waals surface area contributed by atoms with Crippen molar-refractivity contribution in [2.24, 2.45) is 0 Å². The molecule has 2 heterocycles. The third-order valence-electron chi connectivity index (χ3n) is 8.07. The summed E-state index contributed by atoms with van der Waals surface area (Å²) in [6.45, 7) is 5.98. The number of hydrogen-bond acceptors (Lipinski definition) is 7. The molecule has 7 nitrogen and oxygen atoms in total. The minimum absolute atomic E-state index is 0.0911. The van der Waals surface area contributed by atoms with Gasteiger partial charge in [0.25, 0.3) is 0 Å². The van der Waals surface area contributed by atoms with Gasteiger partial charge in [0.15, 0.2) is 5.78 Å². The summed E-state index contributed by atoms with van der Waals surface area (Å²) in [6, 6.07) is 8.53. The van der Waals surface area contributed by atoms with Gasteiger partial charge in [-0.1, -0.05) is 38.3 Å². The summed E-state index contributed by atoms with van der Waals surface area (Å²) < 4.78 is 18.8. The molecule has 0 bridgehead atoms. The van der Waals surface area contributed by atoms with Crippen molar-refractivity contribution in [1.82, 2.24) is 10.6 Å². The van der Waals surface area contributed by atoms with E-state index in [1.807, 2.05) is 24.3 Å². The Bertz CT molecular complexity index is 1110. The van der Waals surface area contributed by atoms with Crippen molar-refractivity contribution in [2.75, 3.05) is 38.6 Å². The van der Waals surface area contributed by atoms with Gasteiger partial charge in [0, 0.05) is 34.8 Å². The minimum atomic E-state index is -0.0911. The highest BCUT2D eigenvalue weighted by molar-refractivity contribution is 6.26. The van der Waals surface area contributed by atoms with E-state index in [0.29, 0.717) is 66.0 Å². The number of rotatable bonds is 12. The number of carbonyl (C=O) groups is 1. The molecular formula is C31H43N3O4. The lowest BCUT2D eigenvalue weighted by atomic mass is 10.0. The van der Waals surface area contributed by atoms with Crippen LogP contribution < -0.4 is 30.6 Å². The Balaban J connectivity index is 1.40. The molecule has 38 heavy (non-hydrogen) atoms. The summed E-state index contributed by atoms with van der Waals surface area (Å²) in [5.41, 5.74) is 9.64. The van der Waals surface area contributed by atoms with Crippen molar-refractivity contribution in [3.8, 4) is 28.4 Å². The summed E-state index contributed by atoms with van der Waals surface area (Å²) in [7, 11) is 0. The van der Waals surface area contributed by atoms with Gasteiger partial charge in [0.1, 0.15) is 17.2 Å². The zero-order valence-electron chi connectivity index (χ0n) is 22.8. The lowest BCUT2D eigenvalue weighted by molar-refractivity contribution is 0.104. The lowest BCUT2D eigenvalue weighted by Crippen LogP contribution is -2.35. The highest BCUT2D eigenvalue weighted by atomic mass is 16.5. The number of piperidine rings is 2. The molecule has 7 heteroatoms. The second-order valence-corrected chi connectivity index (χ2v) is 10.8. The number of ether oxygens (including phenoxy) is 3. The molecule has 4 N–H and O–H groups in total. The van der Waals surface area contributed by atoms with Gasteiger partial charge in [-0.15, -0.1) is 0 Å².